The first-order valence-corrected chi connectivity index (χ1v) is 11.9. The standard InChI is InChI=1S/C25H30N2O3S/c1-17-8-7-9-19(18(17)2)26-24(28)16-30-25(29)14-15-27-20-10-3-5-12-22(20)31-23-13-6-4-11-21(23)27/h3-6,10-13,17-19H,7-9,14-16H2,1-2H3,(H,26,28)/t17-,18-,19+/m1/s1. The Morgan fingerprint density at radius 3 is 2.35 bits per heavy atom. The normalized spacial score (nSPS) is 22.3. The molecule has 5 nitrogen and oxygen atoms in total. The fraction of sp³-hybridized carbons (Fsp3) is 0.440. The zero-order valence-corrected chi connectivity index (χ0v) is 19.0. The number of para-hydroxylation sites is 2. The van der Waals surface area contributed by atoms with Crippen molar-refractivity contribution in [3.8, 4) is 0 Å². The van der Waals surface area contributed by atoms with Crippen LogP contribution in [0.2, 0.25) is 0 Å². The number of anilines is 2. The molecule has 4 rings (SSSR count). The van der Waals surface area contributed by atoms with Gasteiger partial charge in [0.1, 0.15) is 0 Å². The molecule has 0 bridgehead atoms. The van der Waals surface area contributed by atoms with Crippen LogP contribution >= 0.6 is 11.8 Å². The molecule has 2 aliphatic rings. The summed E-state index contributed by atoms with van der Waals surface area (Å²) in [6, 6.07) is 16.6. The van der Waals surface area contributed by atoms with Crippen LogP contribution in [0.15, 0.2) is 58.3 Å². The van der Waals surface area contributed by atoms with Crippen molar-refractivity contribution in [3.63, 3.8) is 0 Å². The molecule has 1 amide bonds. The van der Waals surface area contributed by atoms with Gasteiger partial charge in [-0.15, -0.1) is 0 Å². The predicted octanol–water partition coefficient (Wildman–Crippen LogP) is 5.16. The SMILES string of the molecule is C[C@@H]1[C@H](C)CCC[C@@H]1NC(=O)COC(=O)CCN1c2ccccc2Sc2ccccc21. The summed E-state index contributed by atoms with van der Waals surface area (Å²) >= 11 is 1.74. The summed E-state index contributed by atoms with van der Waals surface area (Å²) < 4.78 is 5.29. The Labute approximate surface area is 188 Å². The summed E-state index contributed by atoms with van der Waals surface area (Å²) in [6.45, 7) is 4.72. The lowest BCUT2D eigenvalue weighted by molar-refractivity contribution is -0.148. The van der Waals surface area contributed by atoms with Gasteiger partial charge >= 0.3 is 5.97 Å². The molecule has 0 saturated heterocycles. The van der Waals surface area contributed by atoms with E-state index in [9.17, 15) is 9.59 Å². The van der Waals surface area contributed by atoms with E-state index < -0.39 is 0 Å². The van der Waals surface area contributed by atoms with Crippen molar-refractivity contribution in [2.24, 2.45) is 11.8 Å². The van der Waals surface area contributed by atoms with Crippen molar-refractivity contribution in [3.05, 3.63) is 48.5 Å². The Kier molecular flexibility index (Phi) is 6.86. The minimum atomic E-state index is -0.353. The highest BCUT2D eigenvalue weighted by atomic mass is 32.2. The number of amides is 1. The molecule has 6 heteroatoms. The third-order valence-electron chi connectivity index (χ3n) is 6.49. The molecule has 164 valence electrons. The second-order valence-corrected chi connectivity index (χ2v) is 9.62. The molecule has 1 N–H and O–H groups in total. The maximum Gasteiger partial charge on any atom is 0.308 e. The van der Waals surface area contributed by atoms with Crippen LogP contribution in [0.5, 0.6) is 0 Å². The number of fused-ring (bicyclic) bond motifs is 2. The van der Waals surface area contributed by atoms with Crippen LogP contribution in [0.25, 0.3) is 0 Å². The number of nitrogens with zero attached hydrogens (tertiary/aromatic N) is 1. The van der Waals surface area contributed by atoms with Gasteiger partial charge in [-0.1, -0.05) is 62.7 Å². The molecule has 1 saturated carbocycles. The van der Waals surface area contributed by atoms with Gasteiger partial charge in [0.05, 0.1) is 17.8 Å². The Morgan fingerprint density at radius 1 is 1.03 bits per heavy atom. The molecule has 0 spiro atoms. The van der Waals surface area contributed by atoms with Crippen LogP contribution in [-0.4, -0.2) is 31.1 Å². The molecule has 3 atom stereocenters. The third-order valence-corrected chi connectivity index (χ3v) is 7.62. The van der Waals surface area contributed by atoms with E-state index in [1.54, 1.807) is 11.8 Å². The zero-order valence-electron chi connectivity index (χ0n) is 18.2. The number of carbonyl (C=O) groups is 2. The van der Waals surface area contributed by atoms with Crippen LogP contribution in [0.1, 0.15) is 39.5 Å². The van der Waals surface area contributed by atoms with Gasteiger partial charge in [0, 0.05) is 22.4 Å². The van der Waals surface area contributed by atoms with Crippen molar-refractivity contribution < 1.29 is 14.3 Å². The summed E-state index contributed by atoms with van der Waals surface area (Å²) in [5.74, 6) is 0.498. The van der Waals surface area contributed by atoms with Crippen molar-refractivity contribution >= 4 is 35.0 Å². The summed E-state index contributed by atoms with van der Waals surface area (Å²) in [4.78, 5) is 29.2. The molecule has 1 heterocycles. The Hall–Kier alpha value is -2.47. The Morgan fingerprint density at radius 2 is 1.68 bits per heavy atom. The van der Waals surface area contributed by atoms with Gasteiger partial charge in [0.2, 0.25) is 0 Å². The smallest absolute Gasteiger partial charge is 0.308 e. The maximum atomic E-state index is 12.4. The van der Waals surface area contributed by atoms with Gasteiger partial charge in [0.15, 0.2) is 6.61 Å². The largest absolute Gasteiger partial charge is 0.456 e. The second-order valence-electron chi connectivity index (χ2n) is 8.54. The molecular weight excluding hydrogens is 408 g/mol. The van der Waals surface area contributed by atoms with E-state index in [1.807, 2.05) is 24.3 Å². The van der Waals surface area contributed by atoms with Crippen molar-refractivity contribution in [1.82, 2.24) is 5.32 Å². The van der Waals surface area contributed by atoms with E-state index in [1.165, 1.54) is 16.2 Å². The number of rotatable bonds is 6. The maximum absolute atomic E-state index is 12.4. The highest BCUT2D eigenvalue weighted by molar-refractivity contribution is 7.99. The fourth-order valence-electron chi connectivity index (χ4n) is 4.48. The fourth-order valence-corrected chi connectivity index (χ4v) is 5.57. The topological polar surface area (TPSA) is 58.6 Å². The average molecular weight is 439 g/mol. The highest BCUT2D eigenvalue weighted by Crippen LogP contribution is 2.47. The lowest BCUT2D eigenvalue weighted by Gasteiger charge is -2.34. The zero-order chi connectivity index (χ0) is 21.8. The van der Waals surface area contributed by atoms with Crippen LogP contribution in [0, 0.1) is 11.8 Å². The summed E-state index contributed by atoms with van der Waals surface area (Å²) in [6.07, 6.45) is 3.56. The number of benzene rings is 2. The second kappa shape index (κ2) is 9.77. The Balaban J connectivity index is 1.31. The first-order chi connectivity index (χ1) is 15.0. The van der Waals surface area contributed by atoms with E-state index >= 15 is 0 Å². The molecule has 2 aromatic carbocycles. The van der Waals surface area contributed by atoms with Gasteiger partial charge in [0.25, 0.3) is 5.91 Å². The van der Waals surface area contributed by atoms with E-state index in [2.05, 4.69) is 48.3 Å². The van der Waals surface area contributed by atoms with Crippen LogP contribution in [0.3, 0.4) is 0 Å². The average Bonchev–Trinajstić information content (AvgIpc) is 2.78. The van der Waals surface area contributed by atoms with Gasteiger partial charge in [-0.25, -0.2) is 0 Å². The van der Waals surface area contributed by atoms with Crippen molar-refractivity contribution in [1.29, 1.82) is 0 Å². The van der Waals surface area contributed by atoms with E-state index in [0.717, 1.165) is 24.2 Å². The summed E-state index contributed by atoms with van der Waals surface area (Å²) in [7, 11) is 0. The number of ether oxygens (including phenoxy) is 1. The molecular formula is C25H30N2O3S. The molecule has 2 aromatic rings. The molecule has 0 radical (unpaired) electrons. The van der Waals surface area contributed by atoms with Gasteiger partial charge in [-0.2, -0.15) is 0 Å². The molecule has 0 unspecified atom stereocenters. The molecule has 31 heavy (non-hydrogen) atoms. The first-order valence-electron chi connectivity index (χ1n) is 11.1. The lowest BCUT2D eigenvalue weighted by Crippen LogP contribution is -2.45. The van der Waals surface area contributed by atoms with E-state index in [-0.39, 0.29) is 30.9 Å². The summed E-state index contributed by atoms with van der Waals surface area (Å²) in [5, 5.41) is 3.06. The molecule has 1 fully saturated rings. The monoisotopic (exact) mass is 438 g/mol. The minimum absolute atomic E-state index is 0.175. The number of hydrogen-bond donors (Lipinski definition) is 1. The minimum Gasteiger partial charge on any atom is -0.456 e. The molecule has 1 aliphatic heterocycles. The highest BCUT2D eigenvalue weighted by Gasteiger charge is 2.28. The van der Waals surface area contributed by atoms with E-state index in [0.29, 0.717) is 18.4 Å². The van der Waals surface area contributed by atoms with Crippen molar-refractivity contribution in [2.75, 3.05) is 18.1 Å². The number of esters is 1. The van der Waals surface area contributed by atoms with Gasteiger partial charge in [-0.3, -0.25) is 9.59 Å². The lowest BCUT2D eigenvalue weighted by atomic mass is 9.78. The van der Waals surface area contributed by atoms with Crippen LogP contribution in [-0.2, 0) is 14.3 Å². The number of carbonyl (C=O) groups excluding carboxylic acids is 2. The first kappa shape index (κ1) is 21.8. The summed E-state index contributed by atoms with van der Waals surface area (Å²) in [5.41, 5.74) is 2.19. The Bertz CT molecular complexity index is 902. The van der Waals surface area contributed by atoms with Gasteiger partial charge < -0.3 is 15.0 Å². The number of nitrogens with one attached hydrogen (secondary N) is 1. The molecule has 1 aliphatic carbocycles. The van der Waals surface area contributed by atoms with Crippen molar-refractivity contribution in [2.45, 2.75) is 55.4 Å². The van der Waals surface area contributed by atoms with Crippen LogP contribution in [0.4, 0.5) is 11.4 Å². The number of hydrogen-bond acceptors (Lipinski definition) is 5. The molecule has 0 aromatic heterocycles. The van der Waals surface area contributed by atoms with E-state index in [4.69, 9.17) is 4.74 Å². The van der Waals surface area contributed by atoms with Gasteiger partial charge in [-0.05, 0) is 42.5 Å². The predicted molar refractivity (Wildman–Crippen MR) is 124 cm³/mol. The third kappa shape index (κ3) is 5.06. The quantitative estimate of drug-likeness (QED) is 0.631. The van der Waals surface area contributed by atoms with Crippen LogP contribution < -0.4 is 10.2 Å².